The zero-order chi connectivity index (χ0) is 11.7. The van der Waals surface area contributed by atoms with Crippen molar-refractivity contribution in [2.45, 2.75) is 5.92 Å². The maximum atomic E-state index is 11.6. The molecule has 0 aromatic heterocycles. The van der Waals surface area contributed by atoms with E-state index in [1.807, 2.05) is 0 Å². The number of ketones is 2. The summed E-state index contributed by atoms with van der Waals surface area (Å²) in [4.78, 5) is 23.1. The van der Waals surface area contributed by atoms with Gasteiger partial charge in [0.05, 0.1) is 7.11 Å². The summed E-state index contributed by atoms with van der Waals surface area (Å²) < 4.78 is 6.02. The zero-order valence-electron chi connectivity index (χ0n) is 8.57. The summed E-state index contributed by atoms with van der Waals surface area (Å²) in [7, 11) is 1.52. The second kappa shape index (κ2) is 4.22. The first-order valence-corrected chi connectivity index (χ1v) is 5.52. The highest BCUT2D eigenvalue weighted by atomic mass is 79.9. The van der Waals surface area contributed by atoms with Gasteiger partial charge in [0.2, 0.25) is 0 Å². The van der Waals surface area contributed by atoms with E-state index in [0.29, 0.717) is 11.3 Å². The Morgan fingerprint density at radius 1 is 1.19 bits per heavy atom. The zero-order valence-corrected chi connectivity index (χ0v) is 10.2. The summed E-state index contributed by atoms with van der Waals surface area (Å²) in [5.74, 6) is -0.566. The Morgan fingerprint density at radius 3 is 2.38 bits per heavy atom. The van der Waals surface area contributed by atoms with Crippen molar-refractivity contribution in [3.63, 3.8) is 0 Å². The lowest BCUT2D eigenvalue weighted by Gasteiger charge is -2.12. The molecule has 1 aromatic carbocycles. The van der Waals surface area contributed by atoms with Crippen molar-refractivity contribution < 1.29 is 14.3 Å². The van der Waals surface area contributed by atoms with Gasteiger partial charge in [0.25, 0.3) is 0 Å². The van der Waals surface area contributed by atoms with Crippen molar-refractivity contribution in [2.75, 3.05) is 7.11 Å². The van der Waals surface area contributed by atoms with Gasteiger partial charge in [-0.05, 0) is 24.3 Å². The molecule has 82 valence electrons. The van der Waals surface area contributed by atoms with Crippen LogP contribution in [-0.4, -0.2) is 18.7 Å². The molecule has 1 aliphatic carbocycles. The highest BCUT2D eigenvalue weighted by Crippen LogP contribution is 2.33. The smallest absolute Gasteiger partial charge is 0.171 e. The molecule has 0 heterocycles. The first-order chi connectivity index (χ1) is 7.63. The van der Waals surface area contributed by atoms with Crippen LogP contribution in [-0.2, 0) is 9.59 Å². The van der Waals surface area contributed by atoms with Crippen LogP contribution < -0.4 is 4.74 Å². The average Bonchev–Trinajstić information content (AvgIpc) is 2.59. The second-order valence-corrected chi connectivity index (χ2v) is 4.37. The molecule has 0 bridgehead atoms. The van der Waals surface area contributed by atoms with Gasteiger partial charge in [0, 0.05) is 10.0 Å². The van der Waals surface area contributed by atoms with Crippen LogP contribution >= 0.6 is 15.9 Å². The molecule has 0 spiro atoms. The Labute approximate surface area is 101 Å². The van der Waals surface area contributed by atoms with Crippen LogP contribution in [0.3, 0.4) is 0 Å². The Hall–Kier alpha value is -1.42. The fourth-order valence-corrected chi connectivity index (χ4v) is 2.07. The van der Waals surface area contributed by atoms with E-state index >= 15 is 0 Å². The van der Waals surface area contributed by atoms with E-state index in [4.69, 9.17) is 4.74 Å². The predicted molar refractivity (Wildman–Crippen MR) is 62.6 cm³/mol. The molecule has 0 saturated heterocycles. The minimum atomic E-state index is -0.733. The normalized spacial score (nSPS) is 15.9. The molecular formula is C12H9BrO3. The summed E-state index contributed by atoms with van der Waals surface area (Å²) in [6, 6.07) is 5.27. The molecular weight excluding hydrogens is 272 g/mol. The van der Waals surface area contributed by atoms with Gasteiger partial charge in [-0.2, -0.15) is 0 Å². The Bertz CT molecular complexity index is 473. The summed E-state index contributed by atoms with van der Waals surface area (Å²) in [6.07, 6.45) is 2.63. The quantitative estimate of drug-likeness (QED) is 0.781. The van der Waals surface area contributed by atoms with Crippen LogP contribution in [0, 0.1) is 0 Å². The van der Waals surface area contributed by atoms with Crippen molar-refractivity contribution in [1.29, 1.82) is 0 Å². The lowest BCUT2D eigenvalue weighted by atomic mass is 9.94. The highest BCUT2D eigenvalue weighted by Gasteiger charge is 2.31. The third-order valence-corrected chi connectivity index (χ3v) is 2.98. The Balaban J connectivity index is 2.48. The third kappa shape index (κ3) is 1.80. The van der Waals surface area contributed by atoms with E-state index in [1.165, 1.54) is 19.3 Å². The van der Waals surface area contributed by atoms with E-state index in [-0.39, 0.29) is 11.6 Å². The molecule has 0 aliphatic heterocycles. The number of methoxy groups -OCH3 is 1. The largest absolute Gasteiger partial charge is 0.496 e. The molecule has 0 N–H and O–H groups in total. The number of hydrogen-bond donors (Lipinski definition) is 0. The molecule has 0 saturated carbocycles. The molecule has 0 radical (unpaired) electrons. The van der Waals surface area contributed by atoms with Gasteiger partial charge in [-0.15, -0.1) is 0 Å². The fraction of sp³-hybridized carbons (Fsp3) is 0.167. The monoisotopic (exact) mass is 280 g/mol. The van der Waals surface area contributed by atoms with E-state index in [0.717, 1.165) is 4.47 Å². The van der Waals surface area contributed by atoms with Gasteiger partial charge in [-0.1, -0.05) is 22.0 Å². The van der Waals surface area contributed by atoms with Gasteiger partial charge in [0.15, 0.2) is 11.6 Å². The van der Waals surface area contributed by atoms with E-state index in [9.17, 15) is 9.59 Å². The maximum absolute atomic E-state index is 11.6. The van der Waals surface area contributed by atoms with Crippen LogP contribution in [0.5, 0.6) is 5.75 Å². The third-order valence-electron chi connectivity index (χ3n) is 2.49. The minimum absolute atomic E-state index is 0.189. The molecule has 0 amide bonds. The average molecular weight is 281 g/mol. The van der Waals surface area contributed by atoms with Crippen molar-refractivity contribution in [3.05, 3.63) is 40.4 Å². The fourth-order valence-electron chi connectivity index (χ4n) is 1.73. The number of ether oxygens (including phenoxy) is 1. The first kappa shape index (κ1) is 11.1. The van der Waals surface area contributed by atoms with Crippen molar-refractivity contribution in [2.24, 2.45) is 0 Å². The molecule has 3 nitrogen and oxygen atoms in total. The number of halogens is 1. The maximum Gasteiger partial charge on any atom is 0.171 e. The Kier molecular flexibility index (Phi) is 2.92. The van der Waals surface area contributed by atoms with Gasteiger partial charge in [-0.3, -0.25) is 9.59 Å². The Morgan fingerprint density at radius 2 is 1.81 bits per heavy atom. The molecule has 1 aromatic rings. The minimum Gasteiger partial charge on any atom is -0.496 e. The van der Waals surface area contributed by atoms with Gasteiger partial charge >= 0.3 is 0 Å². The highest BCUT2D eigenvalue weighted by molar-refractivity contribution is 9.10. The molecule has 0 unspecified atom stereocenters. The molecule has 1 aliphatic rings. The molecule has 0 atom stereocenters. The summed E-state index contributed by atoms with van der Waals surface area (Å²) in [6.45, 7) is 0. The number of rotatable bonds is 2. The number of allylic oxidation sites excluding steroid dienone is 2. The van der Waals surface area contributed by atoms with Crippen LogP contribution in [0.2, 0.25) is 0 Å². The SMILES string of the molecule is COc1cc(Br)ccc1C1C(=O)C=CC1=O. The van der Waals surface area contributed by atoms with Crippen LogP contribution in [0.15, 0.2) is 34.8 Å². The lowest BCUT2D eigenvalue weighted by Crippen LogP contribution is -2.14. The lowest BCUT2D eigenvalue weighted by molar-refractivity contribution is -0.122. The van der Waals surface area contributed by atoms with Crippen molar-refractivity contribution in [1.82, 2.24) is 0 Å². The number of carbonyl (C=O) groups excluding carboxylic acids is 2. The predicted octanol–water partition coefficient (Wildman–Crippen LogP) is 2.25. The number of benzene rings is 1. The summed E-state index contributed by atoms with van der Waals surface area (Å²) in [5, 5.41) is 0. The molecule has 16 heavy (non-hydrogen) atoms. The van der Waals surface area contributed by atoms with Crippen LogP contribution in [0.4, 0.5) is 0 Å². The van der Waals surface area contributed by atoms with E-state index in [1.54, 1.807) is 18.2 Å². The topological polar surface area (TPSA) is 43.4 Å². The van der Waals surface area contributed by atoms with Crippen LogP contribution in [0.25, 0.3) is 0 Å². The van der Waals surface area contributed by atoms with Gasteiger partial charge in [-0.25, -0.2) is 0 Å². The second-order valence-electron chi connectivity index (χ2n) is 3.46. The van der Waals surface area contributed by atoms with Gasteiger partial charge in [0.1, 0.15) is 11.7 Å². The van der Waals surface area contributed by atoms with Gasteiger partial charge < -0.3 is 4.74 Å². The van der Waals surface area contributed by atoms with Crippen molar-refractivity contribution >= 4 is 27.5 Å². The standard InChI is InChI=1S/C12H9BrO3/c1-16-11-6-7(13)2-3-8(11)12-9(14)4-5-10(12)15/h2-6,12H,1H3. The van der Waals surface area contributed by atoms with E-state index in [2.05, 4.69) is 15.9 Å². The molecule has 0 fully saturated rings. The van der Waals surface area contributed by atoms with Crippen molar-refractivity contribution in [3.8, 4) is 5.75 Å². The summed E-state index contributed by atoms with van der Waals surface area (Å²) in [5.41, 5.74) is 0.616. The van der Waals surface area contributed by atoms with Crippen LogP contribution in [0.1, 0.15) is 11.5 Å². The molecule has 2 rings (SSSR count). The number of hydrogen-bond acceptors (Lipinski definition) is 3. The molecule has 4 heteroatoms. The van der Waals surface area contributed by atoms with E-state index < -0.39 is 5.92 Å². The summed E-state index contributed by atoms with van der Waals surface area (Å²) >= 11 is 3.31. The first-order valence-electron chi connectivity index (χ1n) is 4.72. The number of carbonyl (C=O) groups is 2.